The zero-order valence-electron chi connectivity index (χ0n) is 20.6. The Bertz CT molecular complexity index is 750. The van der Waals surface area contributed by atoms with E-state index in [0.29, 0.717) is 17.6 Å². The van der Waals surface area contributed by atoms with E-state index in [1.165, 1.54) is 37.3 Å². The summed E-state index contributed by atoms with van der Waals surface area (Å²) < 4.78 is 11.2. The molecule has 0 saturated heterocycles. The molecular weight excluding hydrogens is 412 g/mol. The maximum atomic E-state index is 12.7. The van der Waals surface area contributed by atoms with Crippen molar-refractivity contribution in [2.24, 2.45) is 17.8 Å². The summed E-state index contributed by atoms with van der Waals surface area (Å²) in [6.45, 7) is 4.06. The third kappa shape index (κ3) is 8.32. The molecule has 0 amide bonds. The van der Waals surface area contributed by atoms with E-state index in [1.54, 1.807) is 6.08 Å². The first-order valence-corrected chi connectivity index (χ1v) is 13.2. The fraction of sp³-hybridized carbons (Fsp3) is 0.655. The second-order valence-electron chi connectivity index (χ2n) is 9.96. The number of benzene rings is 1. The van der Waals surface area contributed by atoms with Crippen molar-refractivity contribution in [1.82, 2.24) is 0 Å². The van der Waals surface area contributed by atoms with Crippen molar-refractivity contribution in [3.05, 3.63) is 42.0 Å². The van der Waals surface area contributed by atoms with Crippen molar-refractivity contribution in [3.8, 4) is 5.75 Å². The first kappa shape index (κ1) is 25.5. The number of hydrogen-bond donors (Lipinski definition) is 0. The summed E-state index contributed by atoms with van der Waals surface area (Å²) in [5, 5.41) is 0. The molecule has 1 aromatic rings. The molecule has 2 fully saturated rings. The Hall–Kier alpha value is -2.10. The van der Waals surface area contributed by atoms with Crippen LogP contribution in [0.25, 0.3) is 0 Å². The van der Waals surface area contributed by atoms with Crippen LogP contribution in [0, 0.1) is 17.8 Å². The fourth-order valence-electron chi connectivity index (χ4n) is 5.52. The maximum Gasteiger partial charge on any atom is 0.330 e. The normalized spacial score (nSPS) is 25.6. The Kier molecular flexibility index (Phi) is 10.5. The number of carbonyl (C=O) groups excluding carboxylic acids is 2. The van der Waals surface area contributed by atoms with Gasteiger partial charge in [-0.25, -0.2) is 4.79 Å². The van der Waals surface area contributed by atoms with Gasteiger partial charge < -0.3 is 9.47 Å². The van der Waals surface area contributed by atoms with Crippen molar-refractivity contribution < 1.29 is 19.1 Å². The van der Waals surface area contributed by atoms with Crippen LogP contribution in [0.5, 0.6) is 5.75 Å². The Balaban J connectivity index is 1.36. The molecule has 2 aliphatic carbocycles. The van der Waals surface area contributed by atoms with Gasteiger partial charge >= 0.3 is 11.9 Å². The lowest BCUT2D eigenvalue weighted by Crippen LogP contribution is -2.31. The molecule has 33 heavy (non-hydrogen) atoms. The van der Waals surface area contributed by atoms with E-state index in [2.05, 4.69) is 19.1 Å². The third-order valence-electron chi connectivity index (χ3n) is 7.54. The molecule has 3 rings (SSSR count). The van der Waals surface area contributed by atoms with Crippen LogP contribution >= 0.6 is 0 Å². The number of unbranched alkanes of at least 4 members (excludes halogenated alkanes) is 3. The predicted molar refractivity (Wildman–Crippen MR) is 132 cm³/mol. The van der Waals surface area contributed by atoms with E-state index in [4.69, 9.17) is 9.47 Å². The molecular formula is C29H42O4. The standard InChI is InChI=1S/C29H42O4/c1-3-5-6-7-9-22-10-18-27(19-11-22)33-29(31)25-14-12-23(13-15-25)24-16-20-26(21-17-24)32-28(30)8-4-2/h4,8,10-11,18-19,23-26H,3,5-7,9,12-17,20-21H2,1-2H3/t23-,24-,25-,26-. The van der Waals surface area contributed by atoms with Crippen molar-refractivity contribution in [2.45, 2.75) is 103 Å². The average Bonchev–Trinajstić information content (AvgIpc) is 2.83. The summed E-state index contributed by atoms with van der Waals surface area (Å²) >= 11 is 0. The minimum atomic E-state index is -0.221. The molecule has 0 radical (unpaired) electrons. The van der Waals surface area contributed by atoms with E-state index in [9.17, 15) is 9.59 Å². The highest BCUT2D eigenvalue weighted by Crippen LogP contribution is 2.41. The third-order valence-corrected chi connectivity index (χ3v) is 7.54. The number of esters is 2. The van der Waals surface area contributed by atoms with Crippen LogP contribution in [0.2, 0.25) is 0 Å². The van der Waals surface area contributed by atoms with Gasteiger partial charge in [-0.2, -0.15) is 0 Å². The van der Waals surface area contributed by atoms with E-state index in [0.717, 1.165) is 57.8 Å². The lowest BCUT2D eigenvalue weighted by atomic mass is 9.70. The summed E-state index contributed by atoms with van der Waals surface area (Å²) in [6.07, 6.45) is 17.7. The van der Waals surface area contributed by atoms with Crippen molar-refractivity contribution in [1.29, 1.82) is 0 Å². The molecule has 0 heterocycles. The number of aryl methyl sites for hydroxylation is 1. The van der Waals surface area contributed by atoms with Gasteiger partial charge in [0.1, 0.15) is 11.9 Å². The largest absolute Gasteiger partial charge is 0.459 e. The lowest BCUT2D eigenvalue weighted by molar-refractivity contribution is -0.145. The predicted octanol–water partition coefficient (Wildman–Crippen LogP) is 7.20. The minimum absolute atomic E-state index is 0.0214. The van der Waals surface area contributed by atoms with Gasteiger partial charge in [-0.15, -0.1) is 0 Å². The van der Waals surface area contributed by atoms with Crippen LogP contribution in [0.1, 0.15) is 96.5 Å². The molecule has 0 bridgehead atoms. The minimum Gasteiger partial charge on any atom is -0.459 e. The molecule has 0 unspecified atom stereocenters. The van der Waals surface area contributed by atoms with Crippen LogP contribution < -0.4 is 4.74 Å². The molecule has 4 heteroatoms. The van der Waals surface area contributed by atoms with Gasteiger partial charge in [0.2, 0.25) is 0 Å². The average molecular weight is 455 g/mol. The highest BCUT2D eigenvalue weighted by Gasteiger charge is 2.34. The molecule has 2 aliphatic rings. The molecule has 0 atom stereocenters. The molecule has 2 saturated carbocycles. The van der Waals surface area contributed by atoms with Crippen LogP contribution in [0.3, 0.4) is 0 Å². The fourth-order valence-corrected chi connectivity index (χ4v) is 5.52. The number of hydrogen-bond acceptors (Lipinski definition) is 4. The van der Waals surface area contributed by atoms with Gasteiger partial charge in [0.05, 0.1) is 5.92 Å². The van der Waals surface area contributed by atoms with Crippen LogP contribution in [0.15, 0.2) is 36.4 Å². The van der Waals surface area contributed by atoms with E-state index >= 15 is 0 Å². The molecule has 0 aliphatic heterocycles. The Labute approximate surface area is 200 Å². The summed E-state index contributed by atoms with van der Waals surface area (Å²) in [6, 6.07) is 8.08. The highest BCUT2D eigenvalue weighted by atomic mass is 16.5. The molecule has 0 spiro atoms. The zero-order chi connectivity index (χ0) is 23.5. The first-order valence-electron chi connectivity index (χ1n) is 13.2. The number of allylic oxidation sites excluding steroid dienone is 1. The van der Waals surface area contributed by atoms with E-state index in [1.807, 2.05) is 19.1 Å². The Morgan fingerprint density at radius 3 is 2.12 bits per heavy atom. The topological polar surface area (TPSA) is 52.6 Å². The summed E-state index contributed by atoms with van der Waals surface area (Å²) in [5.41, 5.74) is 1.32. The van der Waals surface area contributed by atoms with Gasteiger partial charge in [0.25, 0.3) is 0 Å². The van der Waals surface area contributed by atoms with Crippen molar-refractivity contribution in [2.75, 3.05) is 0 Å². The van der Waals surface area contributed by atoms with Gasteiger partial charge in [-0.3, -0.25) is 4.79 Å². The van der Waals surface area contributed by atoms with E-state index < -0.39 is 0 Å². The molecule has 182 valence electrons. The summed E-state index contributed by atoms with van der Waals surface area (Å²) in [5.74, 6) is 1.79. The van der Waals surface area contributed by atoms with Crippen molar-refractivity contribution >= 4 is 11.9 Å². The van der Waals surface area contributed by atoms with Crippen LogP contribution in [-0.2, 0) is 20.7 Å². The van der Waals surface area contributed by atoms with Gasteiger partial charge in [0.15, 0.2) is 0 Å². The molecule has 0 N–H and O–H groups in total. The van der Waals surface area contributed by atoms with Crippen molar-refractivity contribution in [3.63, 3.8) is 0 Å². The SMILES string of the molecule is CC=CC(=O)O[C@H]1CC[C@H]([C@H]2CC[C@H](C(=O)Oc3ccc(CCCCCC)cc3)CC2)CC1. The quantitative estimate of drug-likeness (QED) is 0.162. The molecule has 4 nitrogen and oxygen atoms in total. The van der Waals surface area contributed by atoms with Gasteiger partial charge in [0, 0.05) is 6.08 Å². The Morgan fingerprint density at radius 1 is 0.879 bits per heavy atom. The van der Waals surface area contributed by atoms with Gasteiger partial charge in [-0.05, 0) is 101 Å². The number of rotatable bonds is 10. The number of ether oxygens (including phenoxy) is 2. The van der Waals surface area contributed by atoms with Gasteiger partial charge in [-0.1, -0.05) is 44.4 Å². The first-order chi connectivity index (χ1) is 16.1. The monoisotopic (exact) mass is 454 g/mol. The summed E-state index contributed by atoms with van der Waals surface area (Å²) in [7, 11) is 0. The van der Waals surface area contributed by atoms with Crippen LogP contribution in [-0.4, -0.2) is 18.0 Å². The van der Waals surface area contributed by atoms with E-state index in [-0.39, 0.29) is 24.0 Å². The second kappa shape index (κ2) is 13.6. The zero-order valence-corrected chi connectivity index (χ0v) is 20.6. The Morgan fingerprint density at radius 2 is 1.52 bits per heavy atom. The molecule has 1 aromatic carbocycles. The molecule has 0 aromatic heterocycles. The highest BCUT2D eigenvalue weighted by molar-refractivity contribution is 5.81. The van der Waals surface area contributed by atoms with Crippen LogP contribution in [0.4, 0.5) is 0 Å². The summed E-state index contributed by atoms with van der Waals surface area (Å²) in [4.78, 5) is 24.4. The second-order valence-corrected chi connectivity index (χ2v) is 9.96. The smallest absolute Gasteiger partial charge is 0.330 e. The lowest BCUT2D eigenvalue weighted by Gasteiger charge is -2.37. The number of carbonyl (C=O) groups is 2. The maximum absolute atomic E-state index is 12.7.